The van der Waals surface area contributed by atoms with Crippen LogP contribution in [0.5, 0.6) is 0 Å². The maximum atomic E-state index is 13.9. The van der Waals surface area contributed by atoms with E-state index in [9.17, 15) is 9.18 Å². The van der Waals surface area contributed by atoms with E-state index in [1.165, 1.54) is 12.8 Å². The summed E-state index contributed by atoms with van der Waals surface area (Å²) in [5.41, 5.74) is 2.77. The molecule has 0 spiro atoms. The van der Waals surface area contributed by atoms with Gasteiger partial charge in [0.25, 0.3) is 0 Å². The Morgan fingerprint density at radius 3 is 2.07 bits per heavy atom. The lowest BCUT2D eigenvalue weighted by molar-refractivity contribution is 0.0600. The summed E-state index contributed by atoms with van der Waals surface area (Å²) in [4.78, 5) is 16.1. The van der Waals surface area contributed by atoms with Gasteiger partial charge in [-0.25, -0.2) is 9.18 Å². The summed E-state index contributed by atoms with van der Waals surface area (Å²) in [6.07, 6.45) is 2.09. The Balaban J connectivity index is 1.61. The first-order valence-corrected chi connectivity index (χ1v) is 10.2. The SMILES string of the molecule is COC(=O)c1ccc(-c2ccc(N(C)C3CCN(CC(C)(C)F)CC3)cc2)cc1. The van der Waals surface area contributed by atoms with Gasteiger partial charge in [0, 0.05) is 38.4 Å². The summed E-state index contributed by atoms with van der Waals surface area (Å²) >= 11 is 0. The lowest BCUT2D eigenvalue weighted by atomic mass is 10.00. The number of carbonyl (C=O) groups is 1. The maximum absolute atomic E-state index is 13.9. The van der Waals surface area contributed by atoms with Crippen molar-refractivity contribution in [2.24, 2.45) is 0 Å². The largest absolute Gasteiger partial charge is 0.465 e. The number of esters is 1. The van der Waals surface area contributed by atoms with Gasteiger partial charge in [-0.05, 0) is 62.1 Å². The zero-order valence-electron chi connectivity index (χ0n) is 17.8. The number of halogens is 1. The van der Waals surface area contributed by atoms with Gasteiger partial charge in [0.1, 0.15) is 5.67 Å². The van der Waals surface area contributed by atoms with E-state index in [1.54, 1.807) is 26.0 Å². The average Bonchev–Trinajstić information content (AvgIpc) is 2.72. The predicted octanol–water partition coefficient (Wildman–Crippen LogP) is 4.79. The third-order valence-corrected chi connectivity index (χ3v) is 5.62. The molecule has 1 heterocycles. The summed E-state index contributed by atoms with van der Waals surface area (Å²) in [5.74, 6) is -0.324. The molecule has 156 valence electrons. The normalized spacial score (nSPS) is 15.9. The number of carbonyl (C=O) groups excluding carboxylic acids is 1. The van der Waals surface area contributed by atoms with Crippen molar-refractivity contribution in [2.45, 2.75) is 38.4 Å². The van der Waals surface area contributed by atoms with Crippen molar-refractivity contribution in [3.63, 3.8) is 0 Å². The van der Waals surface area contributed by atoms with Gasteiger partial charge in [0.15, 0.2) is 0 Å². The highest BCUT2D eigenvalue weighted by atomic mass is 19.1. The maximum Gasteiger partial charge on any atom is 0.337 e. The molecule has 0 N–H and O–H groups in total. The molecule has 1 aliphatic rings. The second-order valence-electron chi connectivity index (χ2n) is 8.45. The molecule has 4 nitrogen and oxygen atoms in total. The molecule has 0 bridgehead atoms. The van der Waals surface area contributed by atoms with Crippen molar-refractivity contribution in [2.75, 3.05) is 38.7 Å². The molecule has 29 heavy (non-hydrogen) atoms. The van der Waals surface area contributed by atoms with Crippen LogP contribution in [0.4, 0.5) is 10.1 Å². The van der Waals surface area contributed by atoms with Gasteiger partial charge < -0.3 is 14.5 Å². The zero-order chi connectivity index (χ0) is 21.0. The molecule has 1 aliphatic heterocycles. The number of ether oxygens (including phenoxy) is 1. The number of nitrogens with zero attached hydrogens (tertiary/aromatic N) is 2. The lowest BCUT2D eigenvalue weighted by Gasteiger charge is -2.39. The highest BCUT2D eigenvalue weighted by Crippen LogP contribution is 2.27. The van der Waals surface area contributed by atoms with Gasteiger partial charge >= 0.3 is 5.97 Å². The van der Waals surface area contributed by atoms with Gasteiger partial charge in [-0.2, -0.15) is 0 Å². The monoisotopic (exact) mass is 398 g/mol. The van der Waals surface area contributed by atoms with E-state index >= 15 is 0 Å². The van der Waals surface area contributed by atoms with Crippen molar-refractivity contribution in [3.8, 4) is 11.1 Å². The van der Waals surface area contributed by atoms with E-state index < -0.39 is 5.67 Å². The summed E-state index contributed by atoms with van der Waals surface area (Å²) in [5, 5.41) is 0. The predicted molar refractivity (Wildman–Crippen MR) is 116 cm³/mol. The number of benzene rings is 2. The van der Waals surface area contributed by atoms with Crippen molar-refractivity contribution >= 4 is 11.7 Å². The summed E-state index contributed by atoms with van der Waals surface area (Å²) in [7, 11) is 3.52. The minimum Gasteiger partial charge on any atom is -0.465 e. The van der Waals surface area contributed by atoms with E-state index in [4.69, 9.17) is 4.74 Å². The van der Waals surface area contributed by atoms with Crippen LogP contribution in [0, 0.1) is 0 Å². The van der Waals surface area contributed by atoms with Crippen LogP contribution in [0.2, 0.25) is 0 Å². The summed E-state index contributed by atoms with van der Waals surface area (Å²) in [6, 6.07) is 16.4. The van der Waals surface area contributed by atoms with Crippen LogP contribution in [0.25, 0.3) is 11.1 Å². The summed E-state index contributed by atoms with van der Waals surface area (Å²) in [6.45, 7) is 5.68. The molecule has 2 aromatic rings. The van der Waals surface area contributed by atoms with Crippen LogP contribution >= 0.6 is 0 Å². The molecule has 0 amide bonds. The van der Waals surface area contributed by atoms with Gasteiger partial charge in [-0.3, -0.25) is 0 Å². The van der Waals surface area contributed by atoms with E-state index in [0.717, 1.165) is 37.1 Å². The van der Waals surface area contributed by atoms with Gasteiger partial charge in [0.2, 0.25) is 0 Å². The number of alkyl halides is 1. The Hall–Kier alpha value is -2.40. The first-order valence-electron chi connectivity index (χ1n) is 10.2. The molecule has 0 atom stereocenters. The molecular formula is C24H31FN2O2. The zero-order valence-corrected chi connectivity index (χ0v) is 17.8. The Kier molecular flexibility index (Phi) is 6.58. The van der Waals surface area contributed by atoms with E-state index in [-0.39, 0.29) is 5.97 Å². The number of piperidine rings is 1. The first-order chi connectivity index (χ1) is 13.8. The van der Waals surface area contributed by atoms with E-state index in [2.05, 4.69) is 41.1 Å². The molecule has 2 aromatic carbocycles. The van der Waals surface area contributed by atoms with Gasteiger partial charge in [0.05, 0.1) is 12.7 Å². The van der Waals surface area contributed by atoms with Gasteiger partial charge in [-0.15, -0.1) is 0 Å². The van der Waals surface area contributed by atoms with Crippen LogP contribution < -0.4 is 4.90 Å². The Morgan fingerprint density at radius 1 is 1.07 bits per heavy atom. The first kappa shape index (κ1) is 21.3. The fraction of sp³-hybridized carbons (Fsp3) is 0.458. The van der Waals surface area contributed by atoms with Crippen molar-refractivity contribution in [1.82, 2.24) is 4.90 Å². The fourth-order valence-corrected chi connectivity index (χ4v) is 4.01. The van der Waals surface area contributed by atoms with E-state index in [0.29, 0.717) is 18.2 Å². The molecule has 0 unspecified atom stereocenters. The van der Waals surface area contributed by atoms with Crippen molar-refractivity contribution in [1.29, 1.82) is 0 Å². The van der Waals surface area contributed by atoms with Crippen molar-refractivity contribution in [3.05, 3.63) is 54.1 Å². The molecule has 0 saturated carbocycles. The smallest absolute Gasteiger partial charge is 0.337 e. The molecule has 0 aromatic heterocycles. The third kappa shape index (κ3) is 5.57. The second-order valence-corrected chi connectivity index (χ2v) is 8.45. The minimum absolute atomic E-state index is 0.324. The van der Waals surface area contributed by atoms with Crippen LogP contribution in [-0.4, -0.2) is 56.4 Å². The highest BCUT2D eigenvalue weighted by molar-refractivity contribution is 5.90. The van der Waals surface area contributed by atoms with Gasteiger partial charge in [-0.1, -0.05) is 24.3 Å². The van der Waals surface area contributed by atoms with Crippen molar-refractivity contribution < 1.29 is 13.9 Å². The average molecular weight is 399 g/mol. The van der Waals surface area contributed by atoms with Crippen LogP contribution in [-0.2, 0) is 4.74 Å². The number of likely N-dealkylation sites (tertiary alicyclic amines) is 1. The quantitative estimate of drug-likeness (QED) is 0.655. The molecule has 1 saturated heterocycles. The summed E-state index contributed by atoms with van der Waals surface area (Å²) < 4.78 is 18.6. The molecule has 0 aliphatic carbocycles. The second kappa shape index (κ2) is 8.95. The number of anilines is 1. The lowest BCUT2D eigenvalue weighted by Crippen LogP contribution is -2.46. The molecule has 5 heteroatoms. The molecular weight excluding hydrogens is 367 g/mol. The van der Waals surface area contributed by atoms with Crippen LogP contribution in [0.3, 0.4) is 0 Å². The molecule has 1 fully saturated rings. The highest BCUT2D eigenvalue weighted by Gasteiger charge is 2.27. The van der Waals surface area contributed by atoms with Crippen LogP contribution in [0.15, 0.2) is 48.5 Å². The molecule has 0 radical (unpaired) electrons. The minimum atomic E-state index is -1.14. The topological polar surface area (TPSA) is 32.8 Å². The number of hydrogen-bond acceptors (Lipinski definition) is 4. The Labute approximate surface area is 173 Å². The standard InChI is InChI=1S/C24H31FN2O2/c1-24(2,25)17-27-15-13-22(14-16-27)26(3)21-11-9-19(10-12-21)18-5-7-20(8-6-18)23(28)29-4/h5-12,22H,13-17H2,1-4H3. The number of rotatable bonds is 6. The third-order valence-electron chi connectivity index (χ3n) is 5.62. The Morgan fingerprint density at radius 2 is 1.59 bits per heavy atom. The molecule has 3 rings (SSSR count). The fourth-order valence-electron chi connectivity index (χ4n) is 4.01. The van der Waals surface area contributed by atoms with Crippen LogP contribution in [0.1, 0.15) is 37.0 Å². The number of methoxy groups -OCH3 is 1. The number of hydrogen-bond donors (Lipinski definition) is 0. The van der Waals surface area contributed by atoms with E-state index in [1.807, 2.05) is 12.1 Å². The Bertz CT molecular complexity index is 804.